The molecule has 2 rings (SSSR count). The van der Waals surface area contributed by atoms with Gasteiger partial charge in [-0.05, 0) is 41.5 Å². The Bertz CT molecular complexity index is 943. The van der Waals surface area contributed by atoms with Crippen LogP contribution in [0.15, 0.2) is 42.5 Å². The van der Waals surface area contributed by atoms with E-state index in [1.165, 1.54) is 27.4 Å². The van der Waals surface area contributed by atoms with Gasteiger partial charge < -0.3 is 19.5 Å². The number of primary sulfonamides is 1. The normalized spacial score (nSPS) is 11.3. The second-order valence-corrected chi connectivity index (χ2v) is 7.40. The summed E-state index contributed by atoms with van der Waals surface area (Å²) in [5.41, 5.74) is 1.75. The standard InChI is InChI=1S/C19H22N2O6S/c1-25-16-10-14(11-17(26-2)19(16)27-3)6-9-18(22)21-15-7-4-13(5-8-15)12-28(20,23)24/h4-11H,12H2,1-3H3,(H,21,22)(H2,20,23,24)/b9-6+. The summed E-state index contributed by atoms with van der Waals surface area (Å²) in [6, 6.07) is 9.81. The SMILES string of the molecule is COc1cc(/C=C/C(=O)Nc2ccc(CS(N)(=O)=O)cc2)cc(OC)c1OC. The van der Waals surface area contributed by atoms with Crippen molar-refractivity contribution < 1.29 is 27.4 Å². The molecule has 3 N–H and O–H groups in total. The molecule has 2 aromatic rings. The minimum absolute atomic E-state index is 0.262. The minimum Gasteiger partial charge on any atom is -0.493 e. The summed E-state index contributed by atoms with van der Waals surface area (Å²) in [5, 5.41) is 7.70. The molecule has 0 bridgehead atoms. The molecule has 0 atom stereocenters. The fraction of sp³-hybridized carbons (Fsp3) is 0.211. The van der Waals surface area contributed by atoms with Crippen molar-refractivity contribution in [2.45, 2.75) is 5.75 Å². The largest absolute Gasteiger partial charge is 0.493 e. The summed E-state index contributed by atoms with van der Waals surface area (Å²) in [6.07, 6.45) is 2.97. The molecule has 2 aromatic carbocycles. The van der Waals surface area contributed by atoms with Gasteiger partial charge in [-0.15, -0.1) is 0 Å². The number of benzene rings is 2. The van der Waals surface area contributed by atoms with Gasteiger partial charge in [0.05, 0.1) is 27.1 Å². The van der Waals surface area contributed by atoms with Crippen molar-refractivity contribution in [2.75, 3.05) is 26.6 Å². The van der Waals surface area contributed by atoms with Crippen LogP contribution in [0.4, 0.5) is 5.69 Å². The van der Waals surface area contributed by atoms with E-state index in [2.05, 4.69) is 5.32 Å². The lowest BCUT2D eigenvalue weighted by atomic mass is 10.1. The predicted molar refractivity (Wildman–Crippen MR) is 107 cm³/mol. The quantitative estimate of drug-likeness (QED) is 0.649. The zero-order valence-corrected chi connectivity index (χ0v) is 16.6. The van der Waals surface area contributed by atoms with Gasteiger partial charge in [-0.25, -0.2) is 13.6 Å². The van der Waals surface area contributed by atoms with Crippen molar-refractivity contribution in [1.29, 1.82) is 0 Å². The molecule has 0 spiro atoms. The first-order chi connectivity index (χ1) is 13.3. The van der Waals surface area contributed by atoms with Crippen molar-refractivity contribution in [1.82, 2.24) is 0 Å². The van der Waals surface area contributed by atoms with E-state index < -0.39 is 10.0 Å². The number of hydrogen-bond acceptors (Lipinski definition) is 6. The van der Waals surface area contributed by atoms with E-state index in [1.807, 2.05) is 0 Å². The molecule has 0 aromatic heterocycles. The summed E-state index contributed by atoms with van der Waals surface area (Å²) in [7, 11) is 0.937. The maximum absolute atomic E-state index is 12.1. The molecule has 0 unspecified atom stereocenters. The van der Waals surface area contributed by atoms with Gasteiger partial charge in [-0.1, -0.05) is 12.1 Å². The molecular formula is C19H22N2O6S. The van der Waals surface area contributed by atoms with Crippen molar-refractivity contribution >= 4 is 27.7 Å². The monoisotopic (exact) mass is 406 g/mol. The maximum atomic E-state index is 12.1. The molecule has 8 nitrogen and oxygen atoms in total. The molecule has 0 heterocycles. The van der Waals surface area contributed by atoms with Gasteiger partial charge >= 0.3 is 0 Å². The molecular weight excluding hydrogens is 384 g/mol. The van der Waals surface area contributed by atoms with E-state index in [0.717, 1.165) is 0 Å². The highest BCUT2D eigenvalue weighted by atomic mass is 32.2. The lowest BCUT2D eigenvalue weighted by Crippen LogP contribution is -2.14. The number of nitrogens with one attached hydrogen (secondary N) is 1. The van der Waals surface area contributed by atoms with Crippen LogP contribution in [-0.4, -0.2) is 35.7 Å². The van der Waals surface area contributed by atoms with E-state index in [1.54, 1.807) is 42.5 Å². The Morgan fingerprint density at radius 3 is 2.07 bits per heavy atom. The van der Waals surface area contributed by atoms with Crippen LogP contribution >= 0.6 is 0 Å². The molecule has 0 saturated heterocycles. The minimum atomic E-state index is -3.60. The maximum Gasteiger partial charge on any atom is 0.248 e. The Morgan fingerprint density at radius 2 is 1.61 bits per heavy atom. The molecule has 0 aliphatic heterocycles. The summed E-state index contributed by atoms with van der Waals surface area (Å²) in [4.78, 5) is 12.1. The molecule has 0 radical (unpaired) electrons. The predicted octanol–water partition coefficient (Wildman–Crippen LogP) is 2.15. The van der Waals surface area contributed by atoms with Crippen LogP contribution in [0.25, 0.3) is 6.08 Å². The Labute approximate surface area is 164 Å². The van der Waals surface area contributed by atoms with Crippen LogP contribution in [-0.2, 0) is 20.6 Å². The molecule has 0 saturated carbocycles. The van der Waals surface area contributed by atoms with Crippen molar-refractivity contribution in [3.8, 4) is 17.2 Å². The van der Waals surface area contributed by atoms with Crippen LogP contribution in [0.5, 0.6) is 17.2 Å². The molecule has 9 heteroatoms. The fourth-order valence-corrected chi connectivity index (χ4v) is 3.13. The van der Waals surface area contributed by atoms with Gasteiger partial charge in [0.15, 0.2) is 11.5 Å². The summed E-state index contributed by atoms with van der Waals surface area (Å²) < 4.78 is 38.0. The molecule has 28 heavy (non-hydrogen) atoms. The summed E-state index contributed by atoms with van der Waals surface area (Å²) in [6.45, 7) is 0. The summed E-state index contributed by atoms with van der Waals surface area (Å²) in [5.74, 6) is 0.807. The number of hydrogen-bond donors (Lipinski definition) is 2. The third-order valence-corrected chi connectivity index (χ3v) is 4.44. The first kappa shape index (κ1) is 21.3. The highest BCUT2D eigenvalue weighted by molar-refractivity contribution is 7.88. The van der Waals surface area contributed by atoms with E-state index in [9.17, 15) is 13.2 Å². The Morgan fingerprint density at radius 1 is 1.04 bits per heavy atom. The number of carbonyl (C=O) groups is 1. The smallest absolute Gasteiger partial charge is 0.248 e. The molecule has 1 amide bonds. The van der Waals surface area contributed by atoms with Crippen molar-refractivity contribution in [2.24, 2.45) is 5.14 Å². The molecule has 0 aliphatic carbocycles. The highest BCUT2D eigenvalue weighted by Gasteiger charge is 2.12. The second-order valence-electron chi connectivity index (χ2n) is 5.79. The Hall–Kier alpha value is -3.04. The van der Waals surface area contributed by atoms with E-state index in [0.29, 0.717) is 34.1 Å². The number of nitrogens with two attached hydrogens (primary N) is 1. The van der Waals surface area contributed by atoms with Crippen molar-refractivity contribution in [3.05, 3.63) is 53.6 Å². The number of carbonyl (C=O) groups excluding carboxylic acids is 1. The highest BCUT2D eigenvalue weighted by Crippen LogP contribution is 2.38. The van der Waals surface area contributed by atoms with Gasteiger partial charge in [0.2, 0.25) is 21.7 Å². The third kappa shape index (κ3) is 6.00. The zero-order valence-electron chi connectivity index (χ0n) is 15.8. The Kier molecular flexibility index (Phi) is 7.02. The van der Waals surface area contributed by atoms with Crippen LogP contribution in [0.2, 0.25) is 0 Å². The van der Waals surface area contributed by atoms with Gasteiger partial charge in [-0.2, -0.15) is 0 Å². The van der Waals surface area contributed by atoms with Gasteiger partial charge in [0.25, 0.3) is 0 Å². The van der Waals surface area contributed by atoms with E-state index in [4.69, 9.17) is 19.3 Å². The van der Waals surface area contributed by atoms with Crippen LogP contribution in [0.1, 0.15) is 11.1 Å². The van der Waals surface area contributed by atoms with Crippen LogP contribution in [0.3, 0.4) is 0 Å². The lowest BCUT2D eigenvalue weighted by Gasteiger charge is -2.12. The fourth-order valence-electron chi connectivity index (χ4n) is 2.47. The molecule has 0 fully saturated rings. The molecule has 0 aliphatic rings. The molecule has 150 valence electrons. The first-order valence-electron chi connectivity index (χ1n) is 8.14. The Balaban J connectivity index is 2.09. The second kappa shape index (κ2) is 9.25. The number of methoxy groups -OCH3 is 3. The van der Waals surface area contributed by atoms with E-state index in [-0.39, 0.29) is 11.7 Å². The van der Waals surface area contributed by atoms with Crippen molar-refractivity contribution in [3.63, 3.8) is 0 Å². The lowest BCUT2D eigenvalue weighted by molar-refractivity contribution is -0.111. The number of sulfonamides is 1. The van der Waals surface area contributed by atoms with Crippen LogP contribution < -0.4 is 24.7 Å². The first-order valence-corrected chi connectivity index (χ1v) is 9.85. The van der Waals surface area contributed by atoms with Crippen LogP contribution in [0, 0.1) is 0 Å². The number of ether oxygens (including phenoxy) is 3. The number of amides is 1. The zero-order chi connectivity index (χ0) is 20.7. The van der Waals surface area contributed by atoms with E-state index >= 15 is 0 Å². The number of rotatable bonds is 8. The average Bonchev–Trinajstić information content (AvgIpc) is 2.65. The van der Waals surface area contributed by atoms with Gasteiger partial charge in [-0.3, -0.25) is 4.79 Å². The average molecular weight is 406 g/mol. The number of anilines is 1. The van der Waals surface area contributed by atoms with Gasteiger partial charge in [0.1, 0.15) is 0 Å². The topological polar surface area (TPSA) is 117 Å². The summed E-state index contributed by atoms with van der Waals surface area (Å²) >= 11 is 0. The third-order valence-electron chi connectivity index (χ3n) is 3.70. The van der Waals surface area contributed by atoms with Gasteiger partial charge in [0, 0.05) is 11.8 Å².